The van der Waals surface area contributed by atoms with E-state index in [1.807, 2.05) is 14.1 Å². The minimum atomic E-state index is -0.358. The molecule has 7 heteroatoms. The van der Waals surface area contributed by atoms with Gasteiger partial charge in [-0.05, 0) is 36.4 Å². The molecule has 0 aliphatic heterocycles. The number of fused-ring (bicyclic) bond motifs is 1. The largest absolute Gasteiger partial charge is 0.383 e. The molecule has 0 amide bonds. The van der Waals surface area contributed by atoms with Gasteiger partial charge in [0.2, 0.25) is 5.78 Å². The Morgan fingerprint density at radius 3 is 2.43 bits per heavy atom. The minimum Gasteiger partial charge on any atom is -0.383 e. The highest BCUT2D eigenvalue weighted by Crippen LogP contribution is 2.27. The Bertz CT molecular complexity index is 1060. The molecule has 144 valence electrons. The van der Waals surface area contributed by atoms with E-state index in [4.69, 9.17) is 5.41 Å². The summed E-state index contributed by atoms with van der Waals surface area (Å²) in [6.45, 7) is 0. The summed E-state index contributed by atoms with van der Waals surface area (Å²) >= 11 is 0. The first kappa shape index (κ1) is 19.3. The number of carbonyl (C=O) groups is 1. The number of nitrogens with zero attached hydrogens (tertiary/aromatic N) is 4. The molecule has 3 aromatic rings. The van der Waals surface area contributed by atoms with Crippen LogP contribution in [0.4, 0.5) is 4.39 Å². The van der Waals surface area contributed by atoms with Gasteiger partial charge in [0.1, 0.15) is 28.7 Å². The van der Waals surface area contributed by atoms with E-state index in [2.05, 4.69) is 4.98 Å². The van der Waals surface area contributed by atoms with Crippen LogP contribution in [0.3, 0.4) is 0 Å². The van der Waals surface area contributed by atoms with Crippen LogP contribution in [-0.2, 0) is 0 Å². The number of rotatable bonds is 5. The van der Waals surface area contributed by atoms with Crippen LogP contribution in [0.5, 0.6) is 0 Å². The quantitative estimate of drug-likeness (QED) is 0.320. The lowest BCUT2D eigenvalue weighted by Gasteiger charge is -2.14. The van der Waals surface area contributed by atoms with E-state index >= 15 is 0 Å². The summed E-state index contributed by atoms with van der Waals surface area (Å²) in [6.07, 6.45) is 4.89. The van der Waals surface area contributed by atoms with Crippen LogP contribution in [0, 0.1) is 11.2 Å². The highest BCUT2D eigenvalue weighted by molar-refractivity contribution is 6.09. The molecule has 2 heterocycles. The molecule has 6 nitrogen and oxygen atoms in total. The monoisotopic (exact) mass is 379 g/mol. The number of ketones is 1. The topological polar surface area (TPSA) is 64.7 Å². The third-order valence-electron chi connectivity index (χ3n) is 4.23. The summed E-state index contributed by atoms with van der Waals surface area (Å²) in [5.41, 5.74) is 2.56. The van der Waals surface area contributed by atoms with Crippen LogP contribution >= 0.6 is 0 Å². The Labute approximate surface area is 163 Å². The normalized spacial score (nSPS) is 11.2. The maximum Gasteiger partial charge on any atom is 0.206 e. The number of hydrogen-bond acceptors (Lipinski definition) is 4. The predicted octanol–water partition coefficient (Wildman–Crippen LogP) is 3.29. The molecule has 0 spiro atoms. The SMILES string of the molecule is CN(C)C=CC(=O)c1c(-c2ccc(F)cc2)nc2c(C(=N)N(C)C)cccn12. The van der Waals surface area contributed by atoms with E-state index in [9.17, 15) is 9.18 Å². The van der Waals surface area contributed by atoms with Crippen molar-refractivity contribution in [1.29, 1.82) is 5.41 Å². The zero-order chi connectivity index (χ0) is 20.4. The van der Waals surface area contributed by atoms with Gasteiger partial charge in [-0.1, -0.05) is 0 Å². The van der Waals surface area contributed by atoms with E-state index in [1.54, 1.807) is 65.0 Å². The molecule has 0 saturated carbocycles. The molecule has 0 aliphatic rings. The van der Waals surface area contributed by atoms with Crippen molar-refractivity contribution in [3.63, 3.8) is 0 Å². The van der Waals surface area contributed by atoms with Crippen molar-refractivity contribution in [2.24, 2.45) is 0 Å². The molecular weight excluding hydrogens is 357 g/mol. The molecule has 0 atom stereocenters. The van der Waals surface area contributed by atoms with Crippen molar-refractivity contribution < 1.29 is 9.18 Å². The molecule has 0 radical (unpaired) electrons. The molecule has 0 bridgehead atoms. The van der Waals surface area contributed by atoms with Gasteiger partial charge in [-0.3, -0.25) is 14.6 Å². The van der Waals surface area contributed by atoms with Crippen LogP contribution in [0.15, 0.2) is 54.9 Å². The van der Waals surface area contributed by atoms with Crippen molar-refractivity contribution in [1.82, 2.24) is 19.2 Å². The molecule has 1 N–H and O–H groups in total. The molecule has 1 aromatic carbocycles. The lowest BCUT2D eigenvalue weighted by atomic mass is 10.1. The Kier molecular flexibility index (Phi) is 5.26. The molecule has 0 fully saturated rings. The predicted molar refractivity (Wildman–Crippen MR) is 108 cm³/mol. The maximum atomic E-state index is 13.4. The number of allylic oxidation sites excluding steroid dienone is 1. The standard InChI is InChI=1S/C21H22FN5O/c1-25(2)13-11-17(28)19-18(14-7-9-15(22)10-8-14)24-21-16(20(23)26(3)4)6-5-12-27(19)21/h5-13,23H,1-4H3. The maximum absolute atomic E-state index is 13.4. The van der Waals surface area contributed by atoms with E-state index in [-0.39, 0.29) is 17.4 Å². The second-order valence-corrected chi connectivity index (χ2v) is 6.82. The summed E-state index contributed by atoms with van der Waals surface area (Å²) < 4.78 is 15.1. The first-order valence-electron chi connectivity index (χ1n) is 8.72. The van der Waals surface area contributed by atoms with Crippen molar-refractivity contribution in [2.45, 2.75) is 0 Å². The van der Waals surface area contributed by atoms with Crippen LogP contribution in [0.1, 0.15) is 16.1 Å². The lowest BCUT2D eigenvalue weighted by molar-refractivity contribution is 0.104. The van der Waals surface area contributed by atoms with Gasteiger partial charge in [0.25, 0.3) is 0 Å². The third-order valence-corrected chi connectivity index (χ3v) is 4.23. The van der Waals surface area contributed by atoms with Gasteiger partial charge in [0.15, 0.2) is 0 Å². The Morgan fingerprint density at radius 1 is 1.14 bits per heavy atom. The fourth-order valence-electron chi connectivity index (χ4n) is 2.83. The average Bonchev–Trinajstić information content (AvgIpc) is 3.05. The molecule has 2 aromatic heterocycles. The third kappa shape index (κ3) is 3.64. The van der Waals surface area contributed by atoms with Crippen LogP contribution < -0.4 is 0 Å². The van der Waals surface area contributed by atoms with Crippen LogP contribution in [-0.4, -0.2) is 59.0 Å². The fourth-order valence-corrected chi connectivity index (χ4v) is 2.83. The number of benzene rings is 1. The number of halogens is 1. The van der Waals surface area contributed by atoms with E-state index in [1.165, 1.54) is 18.2 Å². The molecule has 0 aliphatic carbocycles. The lowest BCUT2D eigenvalue weighted by Crippen LogP contribution is -2.22. The molecular formula is C21H22FN5O. The van der Waals surface area contributed by atoms with Crippen LogP contribution in [0.2, 0.25) is 0 Å². The number of amidine groups is 1. The van der Waals surface area contributed by atoms with Gasteiger partial charge in [0.05, 0.1) is 5.56 Å². The van der Waals surface area contributed by atoms with Gasteiger partial charge in [-0.15, -0.1) is 0 Å². The molecule has 0 saturated heterocycles. The van der Waals surface area contributed by atoms with E-state index < -0.39 is 0 Å². The first-order valence-corrected chi connectivity index (χ1v) is 8.72. The van der Waals surface area contributed by atoms with Crippen molar-refractivity contribution in [3.8, 4) is 11.3 Å². The first-order chi connectivity index (χ1) is 13.3. The Hall–Kier alpha value is -3.48. The van der Waals surface area contributed by atoms with Crippen molar-refractivity contribution in [3.05, 3.63) is 71.9 Å². The van der Waals surface area contributed by atoms with Crippen LogP contribution in [0.25, 0.3) is 16.9 Å². The molecule has 3 rings (SSSR count). The zero-order valence-corrected chi connectivity index (χ0v) is 16.3. The highest BCUT2D eigenvalue weighted by Gasteiger charge is 2.22. The average molecular weight is 379 g/mol. The summed E-state index contributed by atoms with van der Waals surface area (Å²) in [6, 6.07) is 9.45. The Morgan fingerprint density at radius 2 is 1.82 bits per heavy atom. The van der Waals surface area contributed by atoms with Gasteiger partial charge in [-0.25, -0.2) is 9.37 Å². The number of nitrogens with one attached hydrogen (secondary N) is 1. The summed E-state index contributed by atoms with van der Waals surface area (Å²) in [5.74, 6) is -0.305. The van der Waals surface area contributed by atoms with Crippen molar-refractivity contribution >= 4 is 17.3 Å². The smallest absolute Gasteiger partial charge is 0.206 e. The zero-order valence-electron chi connectivity index (χ0n) is 16.3. The number of carbonyl (C=O) groups excluding carboxylic acids is 1. The van der Waals surface area contributed by atoms with Gasteiger partial charge < -0.3 is 9.80 Å². The van der Waals surface area contributed by atoms with Gasteiger partial charge >= 0.3 is 0 Å². The molecule has 28 heavy (non-hydrogen) atoms. The van der Waals surface area contributed by atoms with Gasteiger partial charge in [0, 0.05) is 52.2 Å². The number of imidazole rings is 1. The van der Waals surface area contributed by atoms with Crippen molar-refractivity contribution in [2.75, 3.05) is 28.2 Å². The highest BCUT2D eigenvalue weighted by atomic mass is 19.1. The second-order valence-electron chi connectivity index (χ2n) is 6.82. The van der Waals surface area contributed by atoms with E-state index in [0.29, 0.717) is 28.2 Å². The Balaban J connectivity index is 2.29. The molecule has 0 unspecified atom stereocenters. The van der Waals surface area contributed by atoms with Gasteiger partial charge in [-0.2, -0.15) is 0 Å². The summed E-state index contributed by atoms with van der Waals surface area (Å²) in [4.78, 5) is 21.1. The number of hydrogen-bond donors (Lipinski definition) is 1. The summed E-state index contributed by atoms with van der Waals surface area (Å²) in [7, 11) is 7.22. The summed E-state index contributed by atoms with van der Waals surface area (Å²) in [5, 5.41) is 8.34. The fraction of sp³-hybridized carbons (Fsp3) is 0.190. The number of aromatic nitrogens is 2. The number of pyridine rings is 1. The second kappa shape index (κ2) is 7.64. The van der Waals surface area contributed by atoms with E-state index in [0.717, 1.165) is 0 Å². The minimum absolute atomic E-state index is 0.228.